The molecule has 0 bridgehead atoms. The second kappa shape index (κ2) is 8.10. The average Bonchev–Trinajstić information content (AvgIpc) is 3.56. The molecule has 4 heteroatoms. The number of rotatable bonds is 4. The number of para-hydroxylation sites is 4. The van der Waals surface area contributed by atoms with E-state index >= 15 is 0 Å². The molecule has 0 fully saturated rings. The summed E-state index contributed by atoms with van der Waals surface area (Å²) in [5.74, 6) is 0.940. The normalized spacial score (nSPS) is 12.3. The standard InChI is InChI=1S/C33H26N4/c1-4-23(21-32-22(2)35(3)33-34-28-15-9-11-17-31(28)37(32)33)24-18-19-30-27(20-24)26-14-8-10-16-29(26)36(30)25-12-6-5-7-13-25/h4-21H,1H2,2-3H3/b23-21+. The van der Waals surface area contributed by atoms with Gasteiger partial charge in [-0.15, -0.1) is 0 Å². The molecule has 178 valence electrons. The molecule has 4 aromatic carbocycles. The van der Waals surface area contributed by atoms with Crippen LogP contribution in [0.5, 0.6) is 0 Å². The Balaban J connectivity index is 1.47. The third kappa shape index (κ3) is 3.12. The number of hydrogen-bond acceptors (Lipinski definition) is 1. The van der Waals surface area contributed by atoms with Crippen LogP contribution in [-0.2, 0) is 7.05 Å². The van der Waals surface area contributed by atoms with Crippen LogP contribution >= 0.6 is 0 Å². The lowest BCUT2D eigenvalue weighted by atomic mass is 10.0. The zero-order valence-electron chi connectivity index (χ0n) is 20.9. The van der Waals surface area contributed by atoms with Crippen LogP contribution in [-0.4, -0.2) is 18.5 Å². The number of aromatic nitrogens is 4. The van der Waals surface area contributed by atoms with Crippen LogP contribution < -0.4 is 0 Å². The molecule has 7 aromatic rings. The van der Waals surface area contributed by atoms with E-state index in [-0.39, 0.29) is 0 Å². The summed E-state index contributed by atoms with van der Waals surface area (Å²) in [4.78, 5) is 4.88. The maximum Gasteiger partial charge on any atom is 0.215 e. The van der Waals surface area contributed by atoms with Gasteiger partial charge in [-0.25, -0.2) is 4.98 Å². The summed E-state index contributed by atoms with van der Waals surface area (Å²) in [5.41, 5.74) is 10.2. The lowest BCUT2D eigenvalue weighted by molar-refractivity contribution is 0.898. The Morgan fingerprint density at radius 3 is 2.30 bits per heavy atom. The Kier molecular flexibility index (Phi) is 4.70. The number of aryl methyl sites for hydroxylation is 1. The minimum absolute atomic E-state index is 0.940. The van der Waals surface area contributed by atoms with E-state index in [0.29, 0.717) is 0 Å². The van der Waals surface area contributed by atoms with Gasteiger partial charge >= 0.3 is 0 Å². The van der Waals surface area contributed by atoms with Gasteiger partial charge in [0.25, 0.3) is 0 Å². The summed E-state index contributed by atoms with van der Waals surface area (Å²) >= 11 is 0. The van der Waals surface area contributed by atoms with Gasteiger partial charge in [0.15, 0.2) is 0 Å². The summed E-state index contributed by atoms with van der Waals surface area (Å²) in [6, 6.07) is 34.2. The van der Waals surface area contributed by atoms with Gasteiger partial charge in [0.1, 0.15) is 0 Å². The molecule has 0 atom stereocenters. The van der Waals surface area contributed by atoms with E-state index in [1.54, 1.807) is 0 Å². The summed E-state index contributed by atoms with van der Waals surface area (Å²) in [6.07, 6.45) is 4.19. The number of nitrogens with zero attached hydrogens (tertiary/aromatic N) is 4. The van der Waals surface area contributed by atoms with Gasteiger partial charge in [-0.1, -0.05) is 67.3 Å². The molecule has 7 rings (SSSR count). The molecular formula is C33H26N4. The molecule has 0 saturated heterocycles. The van der Waals surface area contributed by atoms with E-state index in [1.165, 1.54) is 21.8 Å². The Morgan fingerprint density at radius 2 is 1.49 bits per heavy atom. The zero-order chi connectivity index (χ0) is 25.1. The van der Waals surface area contributed by atoms with Crippen molar-refractivity contribution < 1.29 is 0 Å². The van der Waals surface area contributed by atoms with E-state index in [0.717, 1.165) is 45.0 Å². The number of fused-ring (bicyclic) bond motifs is 6. The van der Waals surface area contributed by atoms with Crippen LogP contribution in [0.2, 0.25) is 0 Å². The molecule has 0 spiro atoms. The minimum atomic E-state index is 0.940. The SMILES string of the molecule is C=C/C(=C\c1c(C)n(C)c2nc3ccccc3n12)c1ccc2c(c1)c1ccccc1n2-c1ccccc1. The molecule has 0 N–H and O–H groups in total. The first-order valence-corrected chi connectivity index (χ1v) is 12.5. The van der Waals surface area contributed by atoms with Crippen molar-refractivity contribution in [2.45, 2.75) is 6.92 Å². The van der Waals surface area contributed by atoms with E-state index in [4.69, 9.17) is 4.98 Å². The Morgan fingerprint density at radius 1 is 0.784 bits per heavy atom. The van der Waals surface area contributed by atoms with Crippen LogP contribution in [0.4, 0.5) is 0 Å². The topological polar surface area (TPSA) is 27.2 Å². The predicted molar refractivity (Wildman–Crippen MR) is 155 cm³/mol. The third-order valence-electron chi connectivity index (χ3n) is 7.49. The first-order chi connectivity index (χ1) is 18.2. The molecule has 0 unspecified atom stereocenters. The monoisotopic (exact) mass is 478 g/mol. The van der Waals surface area contributed by atoms with Crippen LogP contribution in [0.3, 0.4) is 0 Å². The van der Waals surface area contributed by atoms with Crippen molar-refractivity contribution in [1.29, 1.82) is 0 Å². The smallest absolute Gasteiger partial charge is 0.215 e. The lowest BCUT2D eigenvalue weighted by Crippen LogP contribution is -1.93. The van der Waals surface area contributed by atoms with Crippen molar-refractivity contribution in [3.05, 3.63) is 127 Å². The summed E-state index contributed by atoms with van der Waals surface area (Å²) in [5, 5.41) is 2.47. The fourth-order valence-corrected chi connectivity index (χ4v) is 5.54. The highest BCUT2D eigenvalue weighted by Gasteiger charge is 2.17. The zero-order valence-corrected chi connectivity index (χ0v) is 20.9. The van der Waals surface area contributed by atoms with Gasteiger partial charge in [-0.3, -0.25) is 4.40 Å². The molecule has 0 amide bonds. The van der Waals surface area contributed by atoms with Gasteiger partial charge in [0.05, 0.1) is 27.8 Å². The Labute approximate surface area is 215 Å². The van der Waals surface area contributed by atoms with E-state index < -0.39 is 0 Å². The predicted octanol–water partition coefficient (Wildman–Crippen LogP) is 7.96. The fraction of sp³-hybridized carbons (Fsp3) is 0.0606. The summed E-state index contributed by atoms with van der Waals surface area (Å²) in [6.45, 7) is 6.34. The minimum Gasteiger partial charge on any atom is -0.317 e. The molecule has 0 aliphatic carbocycles. The Hall–Kier alpha value is -4.83. The summed E-state index contributed by atoms with van der Waals surface area (Å²) < 4.78 is 6.74. The molecule has 0 saturated carbocycles. The van der Waals surface area contributed by atoms with Crippen molar-refractivity contribution in [2.24, 2.45) is 7.05 Å². The van der Waals surface area contributed by atoms with Crippen molar-refractivity contribution in [3.63, 3.8) is 0 Å². The molecular weight excluding hydrogens is 452 g/mol. The van der Waals surface area contributed by atoms with Crippen LogP contribution in [0.1, 0.15) is 17.0 Å². The number of allylic oxidation sites excluding steroid dienone is 2. The molecule has 37 heavy (non-hydrogen) atoms. The Bertz CT molecular complexity index is 2010. The first kappa shape index (κ1) is 21.5. The van der Waals surface area contributed by atoms with Gasteiger partial charge in [-0.05, 0) is 66.6 Å². The van der Waals surface area contributed by atoms with E-state index in [2.05, 4.69) is 131 Å². The van der Waals surface area contributed by atoms with Gasteiger partial charge < -0.3 is 9.13 Å². The van der Waals surface area contributed by atoms with Crippen molar-refractivity contribution in [1.82, 2.24) is 18.5 Å². The molecule has 0 aliphatic heterocycles. The molecule has 3 aromatic heterocycles. The van der Waals surface area contributed by atoms with Crippen molar-refractivity contribution in [3.8, 4) is 5.69 Å². The second-order valence-electron chi connectivity index (χ2n) is 9.49. The molecule has 0 radical (unpaired) electrons. The number of imidazole rings is 2. The van der Waals surface area contributed by atoms with Crippen LogP contribution in [0.25, 0.3) is 56.0 Å². The lowest BCUT2D eigenvalue weighted by Gasteiger charge is -2.08. The maximum atomic E-state index is 4.88. The van der Waals surface area contributed by atoms with Gasteiger partial charge in [0.2, 0.25) is 5.78 Å². The molecule has 0 aliphatic rings. The highest BCUT2D eigenvalue weighted by molar-refractivity contribution is 6.10. The molecule has 4 nitrogen and oxygen atoms in total. The fourth-order valence-electron chi connectivity index (χ4n) is 5.54. The van der Waals surface area contributed by atoms with Gasteiger partial charge in [0, 0.05) is 29.2 Å². The van der Waals surface area contributed by atoms with Crippen molar-refractivity contribution >= 4 is 50.3 Å². The quantitative estimate of drug-likeness (QED) is 0.236. The first-order valence-electron chi connectivity index (χ1n) is 12.5. The van der Waals surface area contributed by atoms with Gasteiger partial charge in [-0.2, -0.15) is 0 Å². The molecule has 3 heterocycles. The summed E-state index contributed by atoms with van der Waals surface area (Å²) in [7, 11) is 2.08. The van der Waals surface area contributed by atoms with Crippen LogP contribution in [0.15, 0.2) is 110 Å². The van der Waals surface area contributed by atoms with E-state index in [9.17, 15) is 0 Å². The van der Waals surface area contributed by atoms with Crippen molar-refractivity contribution in [2.75, 3.05) is 0 Å². The highest BCUT2D eigenvalue weighted by Crippen LogP contribution is 2.35. The average molecular weight is 479 g/mol. The van der Waals surface area contributed by atoms with Crippen LogP contribution in [0, 0.1) is 6.92 Å². The third-order valence-corrected chi connectivity index (χ3v) is 7.49. The second-order valence-corrected chi connectivity index (χ2v) is 9.49. The number of hydrogen-bond donors (Lipinski definition) is 0. The number of benzene rings is 4. The largest absolute Gasteiger partial charge is 0.317 e. The maximum absolute atomic E-state index is 4.88. The highest BCUT2D eigenvalue weighted by atomic mass is 15.2. The van der Waals surface area contributed by atoms with E-state index in [1.807, 2.05) is 12.1 Å².